The fourth-order valence-electron chi connectivity index (χ4n) is 4.09. The van der Waals surface area contributed by atoms with Crippen molar-refractivity contribution in [3.63, 3.8) is 0 Å². The van der Waals surface area contributed by atoms with Gasteiger partial charge in [0.25, 0.3) is 15.9 Å². The predicted octanol–water partition coefficient (Wildman–Crippen LogP) is 1.16. The van der Waals surface area contributed by atoms with Crippen molar-refractivity contribution in [3.8, 4) is 5.75 Å². The molecule has 0 aromatic heterocycles. The maximum Gasteiger partial charge on any atom is 0.264 e. The van der Waals surface area contributed by atoms with Crippen molar-refractivity contribution in [2.75, 3.05) is 50.4 Å². The molecule has 2 aliphatic heterocycles. The van der Waals surface area contributed by atoms with Crippen LogP contribution in [0.25, 0.3) is 0 Å². The zero-order valence-corrected chi connectivity index (χ0v) is 19.5. The van der Waals surface area contributed by atoms with Crippen molar-refractivity contribution in [1.82, 2.24) is 9.21 Å². The van der Waals surface area contributed by atoms with E-state index in [-0.39, 0.29) is 42.4 Å². The van der Waals surface area contributed by atoms with E-state index in [2.05, 4.69) is 0 Å². The first-order chi connectivity index (χ1) is 15.1. The summed E-state index contributed by atoms with van der Waals surface area (Å²) in [5.41, 5.74) is 1.74. The SMILES string of the molecule is COc1ccc(S(=O)(=O)N2CCc3ccccc32)cc1C(=O)N1CCN(S(C)(=O)=O)CC1. The number of fused-ring (bicyclic) bond motifs is 1. The number of sulfonamides is 2. The van der Waals surface area contributed by atoms with Crippen molar-refractivity contribution < 1.29 is 26.4 Å². The van der Waals surface area contributed by atoms with Gasteiger partial charge in [0.2, 0.25) is 10.0 Å². The largest absolute Gasteiger partial charge is 0.496 e. The summed E-state index contributed by atoms with van der Waals surface area (Å²) in [5, 5.41) is 0. The number of piperazine rings is 1. The van der Waals surface area contributed by atoms with Gasteiger partial charge < -0.3 is 9.64 Å². The zero-order chi connectivity index (χ0) is 23.1. The molecule has 2 aliphatic rings. The van der Waals surface area contributed by atoms with Gasteiger partial charge in [0.15, 0.2) is 0 Å². The van der Waals surface area contributed by atoms with Gasteiger partial charge in [-0.1, -0.05) is 18.2 Å². The molecule has 0 saturated carbocycles. The van der Waals surface area contributed by atoms with Crippen LogP contribution in [0, 0.1) is 0 Å². The van der Waals surface area contributed by atoms with Gasteiger partial charge in [-0.3, -0.25) is 9.10 Å². The third-order valence-electron chi connectivity index (χ3n) is 5.83. The highest BCUT2D eigenvalue weighted by atomic mass is 32.2. The molecule has 0 spiro atoms. The molecule has 2 heterocycles. The highest BCUT2D eigenvalue weighted by Gasteiger charge is 2.33. The van der Waals surface area contributed by atoms with Crippen LogP contribution in [-0.4, -0.2) is 78.0 Å². The summed E-state index contributed by atoms with van der Waals surface area (Å²) in [7, 11) is -5.78. The van der Waals surface area contributed by atoms with Gasteiger partial charge in [-0.2, -0.15) is 4.31 Å². The minimum atomic E-state index is -3.87. The molecule has 2 aromatic carbocycles. The lowest BCUT2D eigenvalue weighted by molar-refractivity contribution is 0.0694. The number of para-hydroxylation sites is 1. The Balaban J connectivity index is 1.63. The van der Waals surface area contributed by atoms with Gasteiger partial charge in [-0.05, 0) is 36.2 Å². The standard InChI is InChI=1S/C21H25N3O6S2/c1-30-20-8-7-17(32(28,29)24-10-9-16-5-3-4-6-19(16)24)15-18(20)21(25)22-11-13-23(14-12-22)31(2,26)27/h3-8,15H,9-14H2,1-2H3. The first-order valence-corrected chi connectivity index (χ1v) is 13.4. The van der Waals surface area contributed by atoms with Crippen molar-refractivity contribution in [1.29, 1.82) is 0 Å². The summed E-state index contributed by atoms with van der Waals surface area (Å²) in [6, 6.07) is 11.6. The number of carbonyl (C=O) groups is 1. The van der Waals surface area contributed by atoms with Crippen LogP contribution < -0.4 is 9.04 Å². The monoisotopic (exact) mass is 479 g/mol. The van der Waals surface area contributed by atoms with E-state index in [0.29, 0.717) is 18.7 Å². The Morgan fingerprint density at radius 3 is 2.28 bits per heavy atom. The topological polar surface area (TPSA) is 104 Å². The minimum absolute atomic E-state index is 0.00752. The van der Waals surface area contributed by atoms with Crippen LogP contribution in [-0.2, 0) is 26.5 Å². The normalized spacial score (nSPS) is 17.3. The van der Waals surface area contributed by atoms with E-state index in [1.807, 2.05) is 12.1 Å². The third-order valence-corrected chi connectivity index (χ3v) is 8.94. The van der Waals surface area contributed by atoms with E-state index in [9.17, 15) is 21.6 Å². The Hall–Kier alpha value is -2.63. The second-order valence-electron chi connectivity index (χ2n) is 7.77. The molecule has 172 valence electrons. The number of anilines is 1. The summed E-state index contributed by atoms with van der Waals surface area (Å²) >= 11 is 0. The fourth-order valence-corrected chi connectivity index (χ4v) is 6.45. The second kappa shape index (κ2) is 8.38. The highest BCUT2D eigenvalue weighted by molar-refractivity contribution is 7.92. The Morgan fingerprint density at radius 1 is 0.938 bits per heavy atom. The van der Waals surface area contributed by atoms with Crippen LogP contribution >= 0.6 is 0 Å². The van der Waals surface area contributed by atoms with Gasteiger partial charge in [0.1, 0.15) is 5.75 Å². The lowest BCUT2D eigenvalue weighted by Gasteiger charge is -2.33. The van der Waals surface area contributed by atoms with E-state index in [1.54, 1.807) is 12.1 Å². The van der Waals surface area contributed by atoms with Crippen molar-refractivity contribution in [2.45, 2.75) is 11.3 Å². The molecular weight excluding hydrogens is 454 g/mol. The number of hydrogen-bond donors (Lipinski definition) is 0. The molecule has 9 nitrogen and oxygen atoms in total. The van der Waals surface area contributed by atoms with Crippen molar-refractivity contribution in [2.24, 2.45) is 0 Å². The number of ether oxygens (including phenoxy) is 1. The fraction of sp³-hybridized carbons (Fsp3) is 0.381. The molecule has 0 unspecified atom stereocenters. The molecule has 2 aromatic rings. The number of rotatable bonds is 5. The van der Waals surface area contributed by atoms with E-state index in [1.165, 1.54) is 38.8 Å². The van der Waals surface area contributed by atoms with Gasteiger partial charge in [-0.25, -0.2) is 16.8 Å². The van der Waals surface area contributed by atoms with E-state index < -0.39 is 26.0 Å². The lowest BCUT2D eigenvalue weighted by atomic mass is 10.1. The molecule has 1 amide bonds. The first-order valence-electron chi connectivity index (χ1n) is 10.2. The smallest absolute Gasteiger partial charge is 0.264 e. The van der Waals surface area contributed by atoms with Gasteiger partial charge >= 0.3 is 0 Å². The quantitative estimate of drug-likeness (QED) is 0.638. The number of nitrogens with zero attached hydrogens (tertiary/aromatic N) is 3. The number of carbonyl (C=O) groups excluding carboxylic acids is 1. The van der Waals surface area contributed by atoms with E-state index >= 15 is 0 Å². The molecule has 11 heteroatoms. The number of methoxy groups -OCH3 is 1. The average molecular weight is 480 g/mol. The van der Waals surface area contributed by atoms with Crippen molar-refractivity contribution >= 4 is 31.6 Å². The Morgan fingerprint density at radius 2 is 1.62 bits per heavy atom. The summed E-state index contributed by atoms with van der Waals surface area (Å²) in [6.07, 6.45) is 1.76. The second-order valence-corrected chi connectivity index (χ2v) is 11.6. The Kier molecular flexibility index (Phi) is 5.91. The number of amides is 1. The van der Waals surface area contributed by atoms with E-state index in [0.717, 1.165) is 11.8 Å². The molecule has 0 aliphatic carbocycles. The minimum Gasteiger partial charge on any atom is -0.496 e. The predicted molar refractivity (Wildman–Crippen MR) is 120 cm³/mol. The third kappa shape index (κ3) is 4.07. The molecule has 1 fully saturated rings. The summed E-state index contributed by atoms with van der Waals surface area (Å²) in [6.45, 7) is 1.15. The van der Waals surface area contributed by atoms with Crippen molar-refractivity contribution in [3.05, 3.63) is 53.6 Å². The molecule has 0 bridgehead atoms. The van der Waals surface area contributed by atoms with Crippen LogP contribution in [0.15, 0.2) is 47.4 Å². The molecule has 32 heavy (non-hydrogen) atoms. The molecule has 0 N–H and O–H groups in total. The average Bonchev–Trinajstić information content (AvgIpc) is 3.22. The van der Waals surface area contributed by atoms with Crippen LogP contribution in [0.4, 0.5) is 5.69 Å². The number of benzene rings is 2. The molecule has 1 saturated heterocycles. The summed E-state index contributed by atoms with van der Waals surface area (Å²) in [5.74, 6) is -0.129. The molecular formula is C21H25N3O6S2. The number of hydrogen-bond acceptors (Lipinski definition) is 6. The van der Waals surface area contributed by atoms with Gasteiger partial charge in [0.05, 0.1) is 29.5 Å². The highest BCUT2D eigenvalue weighted by Crippen LogP contribution is 2.34. The maximum absolute atomic E-state index is 13.4. The Labute approximate surface area is 188 Å². The maximum atomic E-state index is 13.4. The van der Waals surface area contributed by atoms with Crippen LogP contribution in [0.1, 0.15) is 15.9 Å². The van der Waals surface area contributed by atoms with Crippen LogP contribution in [0.5, 0.6) is 5.75 Å². The van der Waals surface area contributed by atoms with Crippen LogP contribution in [0.3, 0.4) is 0 Å². The van der Waals surface area contributed by atoms with Crippen LogP contribution in [0.2, 0.25) is 0 Å². The first kappa shape index (κ1) is 22.6. The van der Waals surface area contributed by atoms with Gasteiger partial charge in [0, 0.05) is 32.7 Å². The van der Waals surface area contributed by atoms with Gasteiger partial charge in [-0.15, -0.1) is 0 Å². The zero-order valence-electron chi connectivity index (χ0n) is 17.9. The molecule has 0 atom stereocenters. The summed E-state index contributed by atoms with van der Waals surface area (Å²) < 4.78 is 58.2. The molecule has 4 rings (SSSR count). The summed E-state index contributed by atoms with van der Waals surface area (Å²) in [4.78, 5) is 14.7. The Bertz CT molecular complexity index is 1250. The van der Waals surface area contributed by atoms with E-state index in [4.69, 9.17) is 4.74 Å². The molecule has 0 radical (unpaired) electrons. The lowest BCUT2D eigenvalue weighted by Crippen LogP contribution is -2.50.